The predicted molar refractivity (Wildman–Crippen MR) is 80.5 cm³/mol. The molecule has 2 rings (SSSR count). The first-order valence-electron chi connectivity index (χ1n) is 6.72. The van der Waals surface area contributed by atoms with Crippen molar-refractivity contribution in [3.8, 4) is 0 Å². The summed E-state index contributed by atoms with van der Waals surface area (Å²) in [5.74, 6) is 1.85. The quantitative estimate of drug-likeness (QED) is 0.851. The number of ether oxygens (including phenoxy) is 1. The predicted octanol–water partition coefficient (Wildman–Crippen LogP) is 3.43. The van der Waals surface area contributed by atoms with Gasteiger partial charge in [-0.05, 0) is 49.5 Å². The Morgan fingerprint density at radius 1 is 1.39 bits per heavy atom. The summed E-state index contributed by atoms with van der Waals surface area (Å²) in [5.41, 5.74) is 2.65. The number of thioether (sulfide) groups is 1. The normalized spacial score (nSPS) is 20.9. The third kappa shape index (κ3) is 3.92. The van der Waals surface area contributed by atoms with E-state index in [1.807, 2.05) is 11.8 Å². The maximum atomic E-state index is 5.44. The second-order valence-corrected chi connectivity index (χ2v) is 5.98. The summed E-state index contributed by atoms with van der Waals surface area (Å²) in [6.07, 6.45) is 4.49. The maximum absolute atomic E-state index is 5.44. The molecule has 18 heavy (non-hydrogen) atoms. The smallest absolute Gasteiger partial charge is 0.0514 e. The first kappa shape index (κ1) is 13.8. The Hall–Kier alpha value is -0.670. The fraction of sp³-hybridized carbons (Fsp3) is 0.600. The van der Waals surface area contributed by atoms with E-state index in [2.05, 4.69) is 42.8 Å². The topological polar surface area (TPSA) is 21.3 Å². The van der Waals surface area contributed by atoms with Gasteiger partial charge in [0.05, 0.1) is 6.61 Å². The van der Waals surface area contributed by atoms with Crippen LogP contribution in [0.25, 0.3) is 0 Å². The highest BCUT2D eigenvalue weighted by Crippen LogP contribution is 2.20. The van der Waals surface area contributed by atoms with Crippen molar-refractivity contribution in [3.05, 3.63) is 29.8 Å². The highest BCUT2D eigenvalue weighted by atomic mass is 32.2. The van der Waals surface area contributed by atoms with Crippen molar-refractivity contribution < 1.29 is 4.74 Å². The molecule has 1 aromatic carbocycles. The molecule has 0 saturated carbocycles. The lowest BCUT2D eigenvalue weighted by atomic mass is 10.0. The van der Waals surface area contributed by atoms with E-state index in [1.54, 1.807) is 0 Å². The zero-order chi connectivity index (χ0) is 12.8. The van der Waals surface area contributed by atoms with E-state index in [0.29, 0.717) is 12.0 Å². The SMILES string of the molecule is CSCCc1ccc(N[C@H](C)[C@@H]2CCOC2)cc1. The molecule has 2 nitrogen and oxygen atoms in total. The highest BCUT2D eigenvalue weighted by Gasteiger charge is 2.21. The van der Waals surface area contributed by atoms with Crippen LogP contribution in [0.2, 0.25) is 0 Å². The van der Waals surface area contributed by atoms with Crippen molar-refractivity contribution in [1.29, 1.82) is 0 Å². The van der Waals surface area contributed by atoms with Gasteiger partial charge in [-0.15, -0.1) is 0 Å². The van der Waals surface area contributed by atoms with Crippen LogP contribution >= 0.6 is 11.8 Å². The first-order valence-corrected chi connectivity index (χ1v) is 8.11. The third-order valence-corrected chi connectivity index (χ3v) is 4.23. The van der Waals surface area contributed by atoms with E-state index >= 15 is 0 Å². The van der Waals surface area contributed by atoms with Gasteiger partial charge in [-0.2, -0.15) is 11.8 Å². The van der Waals surface area contributed by atoms with Crippen molar-refractivity contribution in [2.45, 2.75) is 25.8 Å². The Labute approximate surface area is 114 Å². The van der Waals surface area contributed by atoms with Crippen molar-refractivity contribution >= 4 is 17.4 Å². The fourth-order valence-electron chi connectivity index (χ4n) is 2.32. The average molecular weight is 265 g/mol. The molecule has 1 aliphatic heterocycles. The molecule has 0 aromatic heterocycles. The van der Waals surface area contributed by atoms with Crippen LogP contribution in [0.15, 0.2) is 24.3 Å². The Morgan fingerprint density at radius 3 is 2.78 bits per heavy atom. The van der Waals surface area contributed by atoms with Gasteiger partial charge in [0, 0.05) is 24.3 Å². The molecule has 1 saturated heterocycles. The van der Waals surface area contributed by atoms with Crippen LogP contribution in [0.4, 0.5) is 5.69 Å². The van der Waals surface area contributed by atoms with Crippen molar-refractivity contribution in [1.82, 2.24) is 0 Å². The summed E-state index contributed by atoms with van der Waals surface area (Å²) < 4.78 is 5.44. The lowest BCUT2D eigenvalue weighted by molar-refractivity contribution is 0.183. The summed E-state index contributed by atoms with van der Waals surface area (Å²) >= 11 is 1.90. The largest absolute Gasteiger partial charge is 0.382 e. The summed E-state index contributed by atoms with van der Waals surface area (Å²) in [6, 6.07) is 9.35. The molecule has 0 unspecified atom stereocenters. The highest BCUT2D eigenvalue weighted by molar-refractivity contribution is 7.98. The molecule has 1 N–H and O–H groups in total. The van der Waals surface area contributed by atoms with Crippen molar-refractivity contribution in [2.75, 3.05) is 30.5 Å². The van der Waals surface area contributed by atoms with Crippen LogP contribution in [-0.2, 0) is 11.2 Å². The monoisotopic (exact) mass is 265 g/mol. The van der Waals surface area contributed by atoms with Gasteiger partial charge in [0.25, 0.3) is 0 Å². The van der Waals surface area contributed by atoms with E-state index in [9.17, 15) is 0 Å². The van der Waals surface area contributed by atoms with Crippen molar-refractivity contribution in [2.24, 2.45) is 5.92 Å². The average Bonchev–Trinajstić information content (AvgIpc) is 2.92. The van der Waals surface area contributed by atoms with Gasteiger partial charge in [-0.3, -0.25) is 0 Å². The standard InChI is InChI=1S/C15H23NOS/c1-12(14-7-9-17-11-14)16-15-5-3-13(4-6-15)8-10-18-2/h3-6,12,14,16H,7-11H2,1-2H3/t12-,14-/m1/s1. The van der Waals surface area contributed by atoms with E-state index in [1.165, 1.54) is 23.4 Å². The minimum Gasteiger partial charge on any atom is -0.382 e. The van der Waals surface area contributed by atoms with Gasteiger partial charge in [0.2, 0.25) is 0 Å². The molecule has 1 aliphatic rings. The molecule has 0 aliphatic carbocycles. The van der Waals surface area contributed by atoms with Gasteiger partial charge in [-0.1, -0.05) is 12.1 Å². The molecule has 3 heteroatoms. The third-order valence-electron chi connectivity index (χ3n) is 3.62. The summed E-state index contributed by atoms with van der Waals surface area (Å²) in [4.78, 5) is 0. The Kier molecular flexibility index (Phi) is 5.39. The lowest BCUT2D eigenvalue weighted by Gasteiger charge is -2.20. The van der Waals surface area contributed by atoms with Gasteiger partial charge >= 0.3 is 0 Å². The van der Waals surface area contributed by atoms with Gasteiger partial charge in [0.1, 0.15) is 0 Å². The van der Waals surface area contributed by atoms with E-state index in [4.69, 9.17) is 4.74 Å². The van der Waals surface area contributed by atoms with Gasteiger partial charge < -0.3 is 10.1 Å². The van der Waals surface area contributed by atoms with E-state index in [0.717, 1.165) is 19.6 Å². The zero-order valence-corrected chi connectivity index (χ0v) is 12.1. The molecule has 0 spiro atoms. The van der Waals surface area contributed by atoms with Crippen LogP contribution < -0.4 is 5.32 Å². The maximum Gasteiger partial charge on any atom is 0.0514 e. The molecular formula is C15H23NOS. The van der Waals surface area contributed by atoms with E-state index in [-0.39, 0.29) is 0 Å². The fourth-order valence-corrected chi connectivity index (χ4v) is 2.76. The molecule has 1 aromatic rings. The van der Waals surface area contributed by atoms with Crippen LogP contribution in [0.1, 0.15) is 18.9 Å². The van der Waals surface area contributed by atoms with Crippen molar-refractivity contribution in [3.63, 3.8) is 0 Å². The second kappa shape index (κ2) is 7.05. The molecule has 0 radical (unpaired) electrons. The summed E-state index contributed by atoms with van der Waals surface area (Å²) in [6.45, 7) is 4.07. The number of anilines is 1. The minimum atomic E-state index is 0.490. The summed E-state index contributed by atoms with van der Waals surface area (Å²) in [7, 11) is 0. The van der Waals surface area contributed by atoms with E-state index < -0.39 is 0 Å². The molecular weight excluding hydrogens is 242 g/mol. The molecule has 0 amide bonds. The molecule has 2 atom stereocenters. The Bertz CT molecular complexity index is 346. The van der Waals surface area contributed by atoms with Gasteiger partial charge in [0.15, 0.2) is 0 Å². The van der Waals surface area contributed by atoms with Crippen LogP contribution in [0, 0.1) is 5.92 Å². The van der Waals surface area contributed by atoms with Gasteiger partial charge in [-0.25, -0.2) is 0 Å². The number of rotatable bonds is 6. The Balaban J connectivity index is 1.85. The zero-order valence-electron chi connectivity index (χ0n) is 11.3. The van der Waals surface area contributed by atoms with Crippen LogP contribution in [0.3, 0.4) is 0 Å². The minimum absolute atomic E-state index is 0.490. The summed E-state index contributed by atoms with van der Waals surface area (Å²) in [5, 5.41) is 3.58. The van der Waals surface area contributed by atoms with Crippen LogP contribution in [0.5, 0.6) is 0 Å². The lowest BCUT2D eigenvalue weighted by Crippen LogP contribution is -2.26. The molecule has 1 fully saturated rings. The molecule has 1 heterocycles. The number of nitrogens with one attached hydrogen (secondary N) is 1. The number of benzene rings is 1. The van der Waals surface area contributed by atoms with Crippen LogP contribution in [-0.4, -0.2) is 31.3 Å². The number of hydrogen-bond acceptors (Lipinski definition) is 3. The number of aryl methyl sites for hydroxylation is 1. The molecule has 0 bridgehead atoms. The second-order valence-electron chi connectivity index (χ2n) is 5.00. The Morgan fingerprint density at radius 2 is 2.17 bits per heavy atom. The first-order chi connectivity index (χ1) is 8.79. The molecule has 100 valence electrons. The number of hydrogen-bond donors (Lipinski definition) is 1.